The Hall–Kier alpha value is -2.41. The van der Waals surface area contributed by atoms with Gasteiger partial charge < -0.3 is 0 Å². The summed E-state index contributed by atoms with van der Waals surface area (Å²) in [5, 5.41) is 0. The average molecular weight is 261 g/mol. The fourth-order valence-corrected chi connectivity index (χ4v) is 1.93. The SMILES string of the molecule is C\C=C/C=C\C=C\c1cc(C)cc(-c2ccccc2)n1. The van der Waals surface area contributed by atoms with Gasteiger partial charge in [-0.1, -0.05) is 60.7 Å². The molecule has 1 nitrogen and oxygen atoms in total. The highest BCUT2D eigenvalue weighted by molar-refractivity contribution is 5.62. The van der Waals surface area contributed by atoms with Crippen molar-refractivity contribution in [2.24, 2.45) is 0 Å². The molecule has 0 unspecified atom stereocenters. The summed E-state index contributed by atoms with van der Waals surface area (Å²) in [6.07, 6.45) is 12.1. The van der Waals surface area contributed by atoms with E-state index in [-0.39, 0.29) is 0 Å². The van der Waals surface area contributed by atoms with Gasteiger partial charge in [-0.25, -0.2) is 4.98 Å². The maximum atomic E-state index is 4.68. The zero-order valence-corrected chi connectivity index (χ0v) is 12.0. The molecule has 0 aliphatic heterocycles. The molecule has 1 heteroatoms. The smallest absolute Gasteiger partial charge is 0.0711 e. The molecule has 100 valence electrons. The number of aryl methyl sites for hydroxylation is 1. The number of hydrogen-bond acceptors (Lipinski definition) is 1. The van der Waals surface area contributed by atoms with Crippen LogP contribution < -0.4 is 0 Å². The van der Waals surface area contributed by atoms with Gasteiger partial charge in [0.15, 0.2) is 0 Å². The van der Waals surface area contributed by atoms with Crippen molar-refractivity contribution in [3.8, 4) is 11.3 Å². The van der Waals surface area contributed by atoms with Crippen LogP contribution in [0.4, 0.5) is 0 Å². The van der Waals surface area contributed by atoms with E-state index in [0.29, 0.717) is 0 Å². The first-order valence-corrected chi connectivity index (χ1v) is 6.80. The number of rotatable bonds is 4. The van der Waals surface area contributed by atoms with Gasteiger partial charge in [-0.15, -0.1) is 0 Å². The Morgan fingerprint density at radius 2 is 1.65 bits per heavy atom. The highest BCUT2D eigenvalue weighted by Gasteiger charge is 2.00. The van der Waals surface area contributed by atoms with Crippen molar-refractivity contribution in [3.63, 3.8) is 0 Å². The Balaban J connectivity index is 2.25. The van der Waals surface area contributed by atoms with Gasteiger partial charge in [0.2, 0.25) is 0 Å². The average Bonchev–Trinajstić information content (AvgIpc) is 2.47. The van der Waals surface area contributed by atoms with Crippen molar-refractivity contribution in [2.45, 2.75) is 13.8 Å². The minimum atomic E-state index is 0.981. The molecular weight excluding hydrogens is 242 g/mol. The highest BCUT2D eigenvalue weighted by atomic mass is 14.7. The van der Waals surface area contributed by atoms with Crippen LogP contribution in [0.2, 0.25) is 0 Å². The van der Waals surface area contributed by atoms with E-state index in [1.54, 1.807) is 0 Å². The normalized spacial score (nSPS) is 11.9. The van der Waals surface area contributed by atoms with E-state index < -0.39 is 0 Å². The largest absolute Gasteiger partial charge is 0.248 e. The van der Waals surface area contributed by atoms with E-state index in [2.05, 4.69) is 36.2 Å². The first-order valence-electron chi connectivity index (χ1n) is 6.80. The summed E-state index contributed by atoms with van der Waals surface area (Å²) in [7, 11) is 0. The van der Waals surface area contributed by atoms with Crippen molar-refractivity contribution >= 4 is 6.08 Å². The highest BCUT2D eigenvalue weighted by Crippen LogP contribution is 2.19. The molecule has 2 rings (SSSR count). The van der Waals surface area contributed by atoms with E-state index in [9.17, 15) is 0 Å². The Bertz CT molecular complexity index is 634. The van der Waals surface area contributed by atoms with Crippen molar-refractivity contribution < 1.29 is 0 Å². The lowest BCUT2D eigenvalue weighted by Crippen LogP contribution is -1.88. The van der Waals surface area contributed by atoms with Crippen LogP contribution in [0.5, 0.6) is 0 Å². The molecule has 2 aromatic rings. The topological polar surface area (TPSA) is 12.9 Å². The second-order valence-corrected chi connectivity index (χ2v) is 4.59. The fraction of sp³-hybridized carbons (Fsp3) is 0.105. The van der Waals surface area contributed by atoms with Gasteiger partial charge in [0.25, 0.3) is 0 Å². The van der Waals surface area contributed by atoms with Gasteiger partial charge in [0, 0.05) is 5.56 Å². The zero-order chi connectivity index (χ0) is 14.2. The van der Waals surface area contributed by atoms with Crippen LogP contribution >= 0.6 is 0 Å². The van der Waals surface area contributed by atoms with Crippen LogP contribution in [0.15, 0.2) is 72.8 Å². The second-order valence-electron chi connectivity index (χ2n) is 4.59. The van der Waals surface area contributed by atoms with Crippen LogP contribution in [0.25, 0.3) is 17.3 Å². The van der Waals surface area contributed by atoms with Gasteiger partial charge in [-0.05, 0) is 37.6 Å². The summed E-state index contributed by atoms with van der Waals surface area (Å²) in [5.74, 6) is 0. The molecule has 0 amide bonds. The second kappa shape index (κ2) is 7.25. The molecule has 1 aromatic heterocycles. The predicted molar refractivity (Wildman–Crippen MR) is 87.4 cm³/mol. The van der Waals surface area contributed by atoms with Crippen molar-refractivity contribution in [3.05, 3.63) is 84.1 Å². The third kappa shape index (κ3) is 4.06. The lowest BCUT2D eigenvalue weighted by atomic mass is 10.1. The summed E-state index contributed by atoms with van der Waals surface area (Å²) in [6.45, 7) is 4.10. The van der Waals surface area contributed by atoms with Gasteiger partial charge in [-0.2, -0.15) is 0 Å². The summed E-state index contributed by atoms with van der Waals surface area (Å²) >= 11 is 0. The van der Waals surface area contributed by atoms with E-state index in [4.69, 9.17) is 0 Å². The molecule has 0 atom stereocenters. The Morgan fingerprint density at radius 1 is 0.900 bits per heavy atom. The van der Waals surface area contributed by atoms with Crippen molar-refractivity contribution in [1.29, 1.82) is 0 Å². The Kier molecular flexibility index (Phi) is 5.08. The monoisotopic (exact) mass is 261 g/mol. The number of nitrogens with zero attached hydrogens (tertiary/aromatic N) is 1. The lowest BCUT2D eigenvalue weighted by Gasteiger charge is -2.04. The molecule has 0 bridgehead atoms. The summed E-state index contributed by atoms with van der Waals surface area (Å²) < 4.78 is 0. The zero-order valence-electron chi connectivity index (χ0n) is 12.0. The van der Waals surface area contributed by atoms with Crippen LogP contribution in [-0.2, 0) is 0 Å². The van der Waals surface area contributed by atoms with Gasteiger partial charge >= 0.3 is 0 Å². The number of pyridine rings is 1. The van der Waals surface area contributed by atoms with E-state index in [0.717, 1.165) is 17.0 Å². The van der Waals surface area contributed by atoms with Gasteiger partial charge in [0.05, 0.1) is 11.4 Å². The maximum Gasteiger partial charge on any atom is 0.0711 e. The van der Waals surface area contributed by atoms with Crippen LogP contribution in [-0.4, -0.2) is 4.98 Å². The minimum Gasteiger partial charge on any atom is -0.248 e. The fourth-order valence-electron chi connectivity index (χ4n) is 1.93. The third-order valence-electron chi connectivity index (χ3n) is 2.85. The molecule has 1 aromatic carbocycles. The molecule has 0 aliphatic rings. The molecule has 0 spiro atoms. The summed E-state index contributed by atoms with van der Waals surface area (Å²) in [4.78, 5) is 4.68. The molecule has 0 saturated carbocycles. The number of allylic oxidation sites excluding steroid dienone is 5. The first-order chi connectivity index (χ1) is 9.79. The quantitative estimate of drug-likeness (QED) is 0.689. The molecular formula is C19H19N. The van der Waals surface area contributed by atoms with E-state index >= 15 is 0 Å². The summed E-state index contributed by atoms with van der Waals surface area (Å²) in [6, 6.07) is 14.5. The van der Waals surface area contributed by atoms with Crippen LogP contribution in [0.1, 0.15) is 18.2 Å². The molecule has 20 heavy (non-hydrogen) atoms. The molecule has 0 fully saturated rings. The van der Waals surface area contributed by atoms with Crippen molar-refractivity contribution in [1.82, 2.24) is 4.98 Å². The van der Waals surface area contributed by atoms with Crippen LogP contribution in [0.3, 0.4) is 0 Å². The molecule has 1 heterocycles. The van der Waals surface area contributed by atoms with E-state index in [1.165, 1.54) is 5.56 Å². The number of hydrogen-bond donors (Lipinski definition) is 0. The number of aromatic nitrogens is 1. The minimum absolute atomic E-state index is 0.981. The Labute approximate surface area is 121 Å². The van der Waals surface area contributed by atoms with Gasteiger partial charge in [-0.3, -0.25) is 0 Å². The molecule has 0 radical (unpaired) electrons. The molecule has 0 aliphatic carbocycles. The number of benzene rings is 1. The predicted octanol–water partition coefficient (Wildman–Crippen LogP) is 5.20. The first kappa shape index (κ1) is 14.0. The summed E-state index contributed by atoms with van der Waals surface area (Å²) in [5.41, 5.74) is 4.36. The van der Waals surface area contributed by atoms with Crippen molar-refractivity contribution in [2.75, 3.05) is 0 Å². The standard InChI is InChI=1S/C19H19N/c1-3-4-5-6-10-13-18-14-16(2)15-19(20-18)17-11-8-7-9-12-17/h3-15H,1-2H3/b4-3-,6-5-,13-10+. The maximum absolute atomic E-state index is 4.68. The molecule has 0 saturated heterocycles. The Morgan fingerprint density at radius 3 is 2.40 bits per heavy atom. The van der Waals surface area contributed by atoms with Gasteiger partial charge in [0.1, 0.15) is 0 Å². The van der Waals surface area contributed by atoms with E-state index in [1.807, 2.05) is 61.6 Å². The third-order valence-corrected chi connectivity index (χ3v) is 2.85. The molecule has 0 N–H and O–H groups in total. The lowest BCUT2D eigenvalue weighted by molar-refractivity contribution is 1.26. The van der Waals surface area contributed by atoms with Crippen LogP contribution in [0, 0.1) is 6.92 Å².